The molecule has 2 aromatic heterocycles. The molecule has 1 N–H and O–H groups in total. The zero-order chi connectivity index (χ0) is 26.2. The molecule has 0 aliphatic carbocycles. The maximum atomic E-state index is 13.7. The van der Waals surface area contributed by atoms with Gasteiger partial charge in [-0.05, 0) is 62.6 Å². The molecular weight excluding hydrogens is 490 g/mol. The van der Waals surface area contributed by atoms with Gasteiger partial charge in [0.25, 0.3) is 5.91 Å². The molecule has 0 spiro atoms. The second-order valence-corrected chi connectivity index (χ2v) is 11.1. The molecule has 3 heterocycles. The van der Waals surface area contributed by atoms with Gasteiger partial charge in [0.1, 0.15) is 10.6 Å². The van der Waals surface area contributed by atoms with Crippen LogP contribution in [0.3, 0.4) is 0 Å². The summed E-state index contributed by atoms with van der Waals surface area (Å²) in [5, 5.41) is 7.49. The number of amides is 1. The van der Waals surface area contributed by atoms with Crippen molar-refractivity contribution < 1.29 is 17.9 Å². The van der Waals surface area contributed by atoms with Crippen molar-refractivity contribution in [2.24, 2.45) is 0 Å². The summed E-state index contributed by atoms with van der Waals surface area (Å²) >= 11 is 0. The summed E-state index contributed by atoms with van der Waals surface area (Å²) < 4.78 is 35.9. The van der Waals surface area contributed by atoms with Crippen LogP contribution in [0.2, 0.25) is 0 Å². The molecule has 0 unspecified atom stereocenters. The van der Waals surface area contributed by atoms with Crippen LogP contribution in [0.4, 0.5) is 5.69 Å². The van der Waals surface area contributed by atoms with E-state index in [2.05, 4.69) is 15.4 Å². The van der Waals surface area contributed by atoms with Crippen LogP contribution in [0.25, 0.3) is 16.8 Å². The van der Waals surface area contributed by atoms with Gasteiger partial charge in [0.05, 0.1) is 12.7 Å². The normalized spacial score (nSPS) is 14.6. The number of anilines is 1. The number of piperidine rings is 1. The van der Waals surface area contributed by atoms with Crippen LogP contribution < -0.4 is 10.1 Å². The third-order valence-electron chi connectivity index (χ3n) is 6.53. The van der Waals surface area contributed by atoms with Crippen molar-refractivity contribution in [3.05, 3.63) is 71.7 Å². The van der Waals surface area contributed by atoms with Gasteiger partial charge in [-0.1, -0.05) is 30.7 Å². The number of sulfonamides is 1. The van der Waals surface area contributed by atoms with Gasteiger partial charge >= 0.3 is 0 Å². The van der Waals surface area contributed by atoms with Gasteiger partial charge in [0.2, 0.25) is 10.0 Å². The predicted octanol–water partition coefficient (Wildman–Crippen LogP) is 4.45. The van der Waals surface area contributed by atoms with E-state index in [-0.39, 0.29) is 16.3 Å². The first kappa shape index (κ1) is 24.9. The first-order valence-electron chi connectivity index (χ1n) is 12.2. The highest BCUT2D eigenvalue weighted by Crippen LogP contribution is 2.36. The van der Waals surface area contributed by atoms with Crippen LogP contribution in [-0.2, 0) is 10.0 Å². The van der Waals surface area contributed by atoms with Gasteiger partial charge < -0.3 is 10.1 Å². The zero-order valence-corrected chi connectivity index (χ0v) is 21.9. The SMILES string of the molecule is COc1ccc(-c2c(C(=O)Nc3ccccc3)nn3c(C)cc(C)nc23)cc1S(=O)(=O)N1CCCCC1. The molecule has 0 radical (unpaired) electrons. The van der Waals surface area contributed by atoms with Crippen LogP contribution in [0.1, 0.15) is 41.1 Å². The van der Waals surface area contributed by atoms with E-state index in [4.69, 9.17) is 4.74 Å². The molecule has 4 aromatic rings. The van der Waals surface area contributed by atoms with Gasteiger partial charge in [-0.25, -0.2) is 17.9 Å². The molecule has 192 valence electrons. The minimum Gasteiger partial charge on any atom is -0.495 e. The summed E-state index contributed by atoms with van der Waals surface area (Å²) in [6, 6.07) is 15.9. The highest BCUT2D eigenvalue weighted by atomic mass is 32.2. The maximum absolute atomic E-state index is 13.7. The number of methoxy groups -OCH3 is 1. The van der Waals surface area contributed by atoms with Gasteiger partial charge in [-0.3, -0.25) is 4.79 Å². The number of carbonyl (C=O) groups excluding carboxylic acids is 1. The van der Waals surface area contributed by atoms with Crippen LogP contribution in [0, 0.1) is 13.8 Å². The predicted molar refractivity (Wildman–Crippen MR) is 141 cm³/mol. The first-order chi connectivity index (χ1) is 17.8. The minimum absolute atomic E-state index is 0.0625. The fraction of sp³-hybridized carbons (Fsp3) is 0.296. The van der Waals surface area contributed by atoms with E-state index >= 15 is 0 Å². The molecule has 10 heteroatoms. The van der Waals surface area contributed by atoms with E-state index in [0.717, 1.165) is 30.7 Å². The van der Waals surface area contributed by atoms with Gasteiger partial charge in [0.15, 0.2) is 11.3 Å². The summed E-state index contributed by atoms with van der Waals surface area (Å²) in [6.07, 6.45) is 2.65. The minimum atomic E-state index is -3.81. The van der Waals surface area contributed by atoms with Crippen molar-refractivity contribution in [1.82, 2.24) is 18.9 Å². The number of benzene rings is 2. The lowest BCUT2D eigenvalue weighted by Crippen LogP contribution is -2.35. The van der Waals surface area contributed by atoms with E-state index in [1.165, 1.54) is 11.4 Å². The molecule has 9 nitrogen and oxygen atoms in total. The number of para-hydroxylation sites is 1. The molecule has 37 heavy (non-hydrogen) atoms. The first-order valence-corrected chi connectivity index (χ1v) is 13.7. The summed E-state index contributed by atoms with van der Waals surface area (Å²) in [6.45, 7) is 4.69. The number of hydrogen-bond acceptors (Lipinski definition) is 6. The monoisotopic (exact) mass is 519 g/mol. The number of carbonyl (C=O) groups is 1. The average Bonchev–Trinajstić information content (AvgIpc) is 3.29. The van der Waals surface area contributed by atoms with Crippen molar-refractivity contribution in [2.45, 2.75) is 38.0 Å². The number of hydrogen-bond donors (Lipinski definition) is 1. The van der Waals surface area contributed by atoms with Crippen LogP contribution in [0.5, 0.6) is 5.75 Å². The maximum Gasteiger partial charge on any atom is 0.276 e. The average molecular weight is 520 g/mol. The quantitative estimate of drug-likeness (QED) is 0.404. The number of nitrogens with one attached hydrogen (secondary N) is 1. The highest BCUT2D eigenvalue weighted by Gasteiger charge is 2.31. The molecule has 5 rings (SSSR count). The molecule has 1 aliphatic heterocycles. The molecule has 1 amide bonds. The number of ether oxygens (including phenoxy) is 1. The second-order valence-electron chi connectivity index (χ2n) is 9.15. The Balaban J connectivity index is 1.69. The molecule has 0 saturated carbocycles. The number of aromatic nitrogens is 3. The third-order valence-corrected chi connectivity index (χ3v) is 8.45. The second kappa shape index (κ2) is 9.95. The number of fused-ring (bicyclic) bond motifs is 1. The summed E-state index contributed by atoms with van der Waals surface area (Å²) in [5.41, 5.74) is 3.78. The summed E-state index contributed by atoms with van der Waals surface area (Å²) in [5.74, 6) is -0.165. The molecule has 1 fully saturated rings. The van der Waals surface area contributed by atoms with E-state index < -0.39 is 15.9 Å². The third kappa shape index (κ3) is 4.70. The zero-order valence-electron chi connectivity index (χ0n) is 21.1. The largest absolute Gasteiger partial charge is 0.495 e. The van der Waals surface area contributed by atoms with Crippen LogP contribution >= 0.6 is 0 Å². The fourth-order valence-corrected chi connectivity index (χ4v) is 6.43. The molecular formula is C27H29N5O4S. The van der Waals surface area contributed by atoms with E-state index in [9.17, 15) is 13.2 Å². The lowest BCUT2D eigenvalue weighted by Gasteiger charge is -2.26. The van der Waals surface area contributed by atoms with Crippen molar-refractivity contribution in [3.8, 4) is 16.9 Å². The number of aryl methyl sites for hydroxylation is 2. The Kier molecular flexibility index (Phi) is 6.70. The van der Waals surface area contributed by atoms with Crippen LogP contribution in [0.15, 0.2) is 59.5 Å². The lowest BCUT2D eigenvalue weighted by molar-refractivity contribution is 0.102. The van der Waals surface area contributed by atoms with Gasteiger partial charge in [-0.15, -0.1) is 0 Å². The Bertz CT molecular complexity index is 1580. The van der Waals surface area contributed by atoms with E-state index in [0.29, 0.717) is 35.6 Å². The number of rotatable bonds is 6. The topological polar surface area (TPSA) is 106 Å². The van der Waals surface area contributed by atoms with Crippen molar-refractivity contribution in [1.29, 1.82) is 0 Å². The molecule has 0 atom stereocenters. The Morgan fingerprint density at radius 1 is 1.00 bits per heavy atom. The molecule has 0 bridgehead atoms. The Hall–Kier alpha value is -3.76. The Morgan fingerprint density at radius 3 is 2.43 bits per heavy atom. The lowest BCUT2D eigenvalue weighted by atomic mass is 10.0. The molecule has 1 aliphatic rings. The van der Waals surface area contributed by atoms with E-state index in [1.54, 1.807) is 34.8 Å². The number of nitrogens with zero attached hydrogens (tertiary/aromatic N) is 4. The standard InChI is InChI=1S/C27H29N5O4S/c1-18-16-19(2)32-26(28-18)24(25(30-32)27(33)29-21-10-6-4-7-11-21)20-12-13-22(36-3)23(17-20)37(34,35)31-14-8-5-9-15-31/h4,6-7,10-13,16-17H,5,8-9,14-15H2,1-3H3,(H,29,33). The smallest absolute Gasteiger partial charge is 0.276 e. The van der Waals surface area contributed by atoms with E-state index in [1.807, 2.05) is 38.1 Å². The summed E-state index contributed by atoms with van der Waals surface area (Å²) in [4.78, 5) is 18.2. The molecule has 1 saturated heterocycles. The van der Waals surface area contributed by atoms with Gasteiger partial charge in [0, 0.05) is 30.2 Å². The Labute approximate surface area is 216 Å². The Morgan fingerprint density at radius 2 is 1.73 bits per heavy atom. The van der Waals surface area contributed by atoms with Crippen LogP contribution in [-0.4, -0.2) is 53.4 Å². The highest BCUT2D eigenvalue weighted by molar-refractivity contribution is 7.89. The van der Waals surface area contributed by atoms with Gasteiger partial charge in [-0.2, -0.15) is 9.40 Å². The summed E-state index contributed by atoms with van der Waals surface area (Å²) in [7, 11) is -2.36. The van der Waals surface area contributed by atoms with Crippen molar-refractivity contribution in [3.63, 3.8) is 0 Å². The van der Waals surface area contributed by atoms with Crippen molar-refractivity contribution in [2.75, 3.05) is 25.5 Å². The van der Waals surface area contributed by atoms with Crippen molar-refractivity contribution >= 4 is 27.3 Å². The molecule has 2 aromatic carbocycles. The fourth-order valence-electron chi connectivity index (χ4n) is 4.74.